The molecular weight excluding hydrogens is 356 g/mol. The van der Waals surface area contributed by atoms with E-state index in [-0.39, 0.29) is 0 Å². The molecule has 6 rings (SSSR count). The molecule has 2 aliphatic rings. The zero-order valence-corrected chi connectivity index (χ0v) is 16.5. The van der Waals surface area contributed by atoms with E-state index in [2.05, 4.69) is 60.7 Å². The van der Waals surface area contributed by atoms with Gasteiger partial charge in [-0.2, -0.15) is 0 Å². The maximum absolute atomic E-state index is 9.11. The smallest absolute Gasteiger partial charge is 0.184 e. The topological polar surface area (TPSA) is 29.5 Å². The van der Waals surface area contributed by atoms with Crippen molar-refractivity contribution in [3.05, 3.63) is 131 Å². The highest BCUT2D eigenvalue weighted by atomic mass is 16.5. The normalized spacial score (nSPS) is 13.1. The number of benzene rings is 4. The van der Waals surface area contributed by atoms with Crippen molar-refractivity contribution in [2.45, 2.75) is 18.9 Å². The Labute approximate surface area is 172 Å². The number of ether oxygens (including phenoxy) is 1. The van der Waals surface area contributed by atoms with Gasteiger partial charge in [0.2, 0.25) is 0 Å². The van der Waals surface area contributed by atoms with Crippen LogP contribution in [-0.2, 0) is 12.0 Å². The predicted molar refractivity (Wildman–Crippen MR) is 117 cm³/mol. The summed E-state index contributed by atoms with van der Waals surface area (Å²) in [5.41, 5.74) is 3.99. The number of hydrogen-bond donors (Lipinski definition) is 1. The van der Waals surface area contributed by atoms with Crippen molar-refractivity contribution in [3.63, 3.8) is 0 Å². The molecule has 0 aromatic heterocycles. The van der Waals surface area contributed by atoms with Crippen LogP contribution in [0.1, 0.15) is 29.2 Å². The summed E-state index contributed by atoms with van der Waals surface area (Å²) in [5, 5.41) is 9.11. The van der Waals surface area contributed by atoms with Crippen LogP contribution in [0.15, 0.2) is 109 Å². The first-order valence-corrected chi connectivity index (χ1v) is 9.91. The highest BCUT2D eigenvalue weighted by Gasteiger charge is 2.41. The van der Waals surface area contributed by atoms with Gasteiger partial charge >= 0.3 is 0 Å². The van der Waals surface area contributed by atoms with Gasteiger partial charge in [0.1, 0.15) is 11.5 Å². The highest BCUT2D eigenvalue weighted by molar-refractivity contribution is 5.52. The zero-order chi connectivity index (χ0) is 20.1. The largest absolute Gasteiger partial charge is 0.508 e. The fourth-order valence-corrected chi connectivity index (χ4v) is 3.77. The van der Waals surface area contributed by atoms with Crippen LogP contribution in [0, 0.1) is 0 Å². The van der Waals surface area contributed by atoms with Crippen LogP contribution in [0.5, 0.6) is 11.5 Å². The lowest BCUT2D eigenvalue weighted by Crippen LogP contribution is -2.38. The van der Waals surface area contributed by atoms with Crippen molar-refractivity contribution in [3.8, 4) is 11.5 Å². The molecule has 29 heavy (non-hydrogen) atoms. The Kier molecular flexibility index (Phi) is 5.35. The Morgan fingerprint density at radius 2 is 1.10 bits per heavy atom. The molecule has 144 valence electrons. The number of aryl methyl sites for hydroxylation is 1. The maximum atomic E-state index is 9.11. The van der Waals surface area contributed by atoms with Gasteiger partial charge in [-0.1, -0.05) is 97.9 Å². The van der Waals surface area contributed by atoms with Crippen LogP contribution >= 0.6 is 0 Å². The van der Waals surface area contributed by atoms with E-state index in [0.29, 0.717) is 5.75 Å². The molecule has 0 aliphatic carbocycles. The van der Waals surface area contributed by atoms with Gasteiger partial charge in [-0.25, -0.2) is 0 Å². The molecule has 2 nitrogen and oxygen atoms in total. The van der Waals surface area contributed by atoms with Crippen molar-refractivity contribution in [1.29, 1.82) is 0 Å². The Morgan fingerprint density at radius 1 is 0.621 bits per heavy atom. The Bertz CT molecular complexity index is 1010. The molecule has 0 radical (unpaired) electrons. The summed E-state index contributed by atoms with van der Waals surface area (Å²) < 4.78 is 6.35. The number of phenols is 1. The van der Waals surface area contributed by atoms with Crippen molar-refractivity contribution < 1.29 is 9.84 Å². The zero-order valence-electron chi connectivity index (χ0n) is 16.5. The van der Waals surface area contributed by atoms with Crippen LogP contribution in [-0.4, -0.2) is 5.11 Å². The quantitative estimate of drug-likeness (QED) is 0.450. The minimum Gasteiger partial charge on any atom is -0.508 e. The van der Waals surface area contributed by atoms with E-state index < -0.39 is 5.60 Å². The minimum atomic E-state index is -0.513. The third kappa shape index (κ3) is 3.62. The second-order valence-electron chi connectivity index (χ2n) is 7.02. The van der Waals surface area contributed by atoms with E-state index in [9.17, 15) is 0 Å². The molecular formula is C27H24O2. The standard InChI is InChI=1S/C19H14O.C8H10O/c1-3-7-15(8-4-1)19(16-9-5-2-6-10-16)17-11-13-18(20-19)14-12-17;1-2-7-5-3-4-6-8(7)9/h1-14H;3-6,9H,2H2,1H3. The van der Waals surface area contributed by atoms with E-state index >= 15 is 0 Å². The molecule has 0 amide bonds. The first-order chi connectivity index (χ1) is 14.2. The molecule has 2 aliphatic heterocycles. The summed E-state index contributed by atoms with van der Waals surface area (Å²) in [6, 6.07) is 36.6. The van der Waals surface area contributed by atoms with E-state index in [1.165, 1.54) is 5.56 Å². The van der Waals surface area contributed by atoms with Crippen LogP contribution in [0.4, 0.5) is 0 Å². The number of aromatic hydroxyl groups is 1. The van der Waals surface area contributed by atoms with Crippen molar-refractivity contribution >= 4 is 0 Å². The van der Waals surface area contributed by atoms with Crippen LogP contribution in [0.3, 0.4) is 0 Å². The third-order valence-corrected chi connectivity index (χ3v) is 5.26. The first kappa shape index (κ1) is 18.8. The molecule has 0 unspecified atom stereocenters. The molecule has 0 atom stereocenters. The molecule has 4 aromatic carbocycles. The second kappa shape index (κ2) is 8.24. The molecule has 0 fully saturated rings. The van der Waals surface area contributed by atoms with Gasteiger partial charge in [0, 0.05) is 16.7 Å². The molecule has 2 bridgehead atoms. The lowest BCUT2D eigenvalue weighted by atomic mass is 9.78. The van der Waals surface area contributed by atoms with E-state index in [1.54, 1.807) is 6.07 Å². The van der Waals surface area contributed by atoms with Gasteiger partial charge < -0.3 is 9.84 Å². The summed E-state index contributed by atoms with van der Waals surface area (Å²) in [6.07, 6.45) is 0.896. The highest BCUT2D eigenvalue weighted by Crippen LogP contribution is 2.44. The third-order valence-electron chi connectivity index (χ3n) is 5.26. The number of para-hydroxylation sites is 1. The molecule has 1 N–H and O–H groups in total. The lowest BCUT2D eigenvalue weighted by molar-refractivity contribution is 0.146. The summed E-state index contributed by atoms with van der Waals surface area (Å²) in [6.45, 7) is 2.02. The summed E-state index contributed by atoms with van der Waals surface area (Å²) >= 11 is 0. The van der Waals surface area contributed by atoms with Crippen molar-refractivity contribution in [2.75, 3.05) is 0 Å². The van der Waals surface area contributed by atoms with Crippen molar-refractivity contribution in [1.82, 2.24) is 0 Å². The van der Waals surface area contributed by atoms with Gasteiger partial charge in [0.15, 0.2) is 5.60 Å². The fraction of sp³-hybridized carbons (Fsp3) is 0.111. The average molecular weight is 380 g/mol. The Balaban J connectivity index is 0.000000192. The minimum absolute atomic E-state index is 0.403. The monoisotopic (exact) mass is 380 g/mol. The molecule has 2 heteroatoms. The van der Waals surface area contributed by atoms with Crippen LogP contribution in [0.25, 0.3) is 0 Å². The van der Waals surface area contributed by atoms with E-state index in [1.807, 2.05) is 49.4 Å². The lowest BCUT2D eigenvalue weighted by Gasteiger charge is -2.39. The first-order valence-electron chi connectivity index (χ1n) is 9.91. The van der Waals surface area contributed by atoms with Crippen LogP contribution in [0.2, 0.25) is 0 Å². The fourth-order valence-electron chi connectivity index (χ4n) is 3.77. The summed E-state index contributed by atoms with van der Waals surface area (Å²) in [7, 11) is 0. The van der Waals surface area contributed by atoms with E-state index in [4.69, 9.17) is 9.84 Å². The molecule has 0 saturated heterocycles. The van der Waals surface area contributed by atoms with Gasteiger partial charge in [-0.05, 0) is 30.2 Å². The second-order valence-corrected chi connectivity index (χ2v) is 7.02. The number of phenolic OH excluding ortho intramolecular Hbond substituents is 1. The molecule has 0 saturated carbocycles. The SMILES string of the molecule is CCc1ccccc1O.c1ccc(C2(c3ccccc3)Oc3ccc2cc3)cc1. The van der Waals surface area contributed by atoms with E-state index in [0.717, 1.165) is 28.9 Å². The maximum Gasteiger partial charge on any atom is 0.184 e. The van der Waals surface area contributed by atoms with Gasteiger partial charge in [-0.3, -0.25) is 0 Å². The van der Waals surface area contributed by atoms with Gasteiger partial charge in [0.05, 0.1) is 0 Å². The number of rotatable bonds is 3. The summed E-state index contributed by atoms with van der Waals surface area (Å²) in [5.74, 6) is 1.31. The molecule has 0 spiro atoms. The number of fused-ring (bicyclic) bond motifs is 3. The predicted octanol–water partition coefficient (Wildman–Crippen LogP) is 6.33. The van der Waals surface area contributed by atoms with Gasteiger partial charge in [-0.15, -0.1) is 0 Å². The van der Waals surface area contributed by atoms with Crippen LogP contribution < -0.4 is 4.74 Å². The molecule has 2 heterocycles. The average Bonchev–Trinajstić information content (AvgIpc) is 2.81. The molecule has 4 aromatic rings. The summed E-state index contributed by atoms with van der Waals surface area (Å²) in [4.78, 5) is 0. The Morgan fingerprint density at radius 3 is 1.52 bits per heavy atom. The number of hydrogen-bond acceptors (Lipinski definition) is 2. The van der Waals surface area contributed by atoms with Crippen molar-refractivity contribution in [2.24, 2.45) is 0 Å². The van der Waals surface area contributed by atoms with Gasteiger partial charge in [0.25, 0.3) is 0 Å². The Hall–Kier alpha value is -3.52.